The highest BCUT2D eigenvalue weighted by Gasteiger charge is 2.28. The monoisotopic (exact) mass is 426 g/mol. The van der Waals surface area contributed by atoms with Crippen LogP contribution in [0.1, 0.15) is 31.4 Å². The van der Waals surface area contributed by atoms with E-state index in [2.05, 4.69) is 15.9 Å². The van der Waals surface area contributed by atoms with Crippen molar-refractivity contribution in [3.05, 3.63) is 46.6 Å². The number of rotatable bonds is 5. The van der Waals surface area contributed by atoms with Crippen LogP contribution >= 0.6 is 15.9 Å². The Bertz CT molecular complexity index is 794. The van der Waals surface area contributed by atoms with Gasteiger partial charge in [0.1, 0.15) is 11.5 Å². The maximum Gasteiger partial charge on any atom is 0.282 e. The van der Waals surface area contributed by atoms with E-state index in [9.17, 15) is 8.42 Å². The molecule has 0 unspecified atom stereocenters. The number of hydrogen-bond donors (Lipinski definition) is 0. The summed E-state index contributed by atoms with van der Waals surface area (Å²) in [6, 6.07) is 11.5. The molecule has 1 aromatic heterocycles. The van der Waals surface area contributed by atoms with Gasteiger partial charge in [-0.05, 0) is 37.1 Å². The minimum atomic E-state index is -3.44. The Balaban J connectivity index is 1.70. The van der Waals surface area contributed by atoms with Gasteiger partial charge in [0.25, 0.3) is 10.2 Å². The van der Waals surface area contributed by atoms with Gasteiger partial charge in [0, 0.05) is 30.2 Å². The lowest BCUT2D eigenvalue weighted by molar-refractivity contribution is 0.347. The fourth-order valence-corrected chi connectivity index (χ4v) is 4.67. The Morgan fingerprint density at radius 2 is 1.68 bits per heavy atom. The number of halogens is 1. The highest BCUT2D eigenvalue weighted by Crippen LogP contribution is 2.25. The van der Waals surface area contributed by atoms with Crippen LogP contribution in [0.2, 0.25) is 0 Å². The second-order valence-electron chi connectivity index (χ2n) is 6.35. The van der Waals surface area contributed by atoms with Gasteiger partial charge in [0.2, 0.25) is 0 Å². The van der Waals surface area contributed by atoms with Gasteiger partial charge in [-0.2, -0.15) is 17.0 Å². The number of nitrogens with zero attached hydrogens (tertiary/aromatic N) is 2. The van der Waals surface area contributed by atoms with E-state index in [0.717, 1.165) is 41.5 Å². The number of benzene rings is 1. The summed E-state index contributed by atoms with van der Waals surface area (Å²) in [4.78, 5) is 0. The molecule has 0 saturated carbocycles. The van der Waals surface area contributed by atoms with E-state index in [1.165, 1.54) is 4.31 Å². The fourth-order valence-electron chi connectivity index (χ4n) is 3.00. The fraction of sp³-hybridized carbons (Fsp3) is 0.444. The van der Waals surface area contributed by atoms with Gasteiger partial charge >= 0.3 is 0 Å². The smallest absolute Gasteiger partial charge is 0.282 e. The first-order valence-corrected chi connectivity index (χ1v) is 10.7. The van der Waals surface area contributed by atoms with Crippen LogP contribution in [0.4, 0.5) is 0 Å². The van der Waals surface area contributed by atoms with Crippen molar-refractivity contribution >= 4 is 26.1 Å². The third kappa shape index (κ3) is 4.53. The molecule has 3 rings (SSSR count). The molecular weight excluding hydrogens is 404 g/mol. The zero-order valence-corrected chi connectivity index (χ0v) is 16.7. The molecule has 1 aliphatic rings. The average molecular weight is 427 g/mol. The Kier molecular flexibility index (Phi) is 5.99. The molecule has 7 heteroatoms. The van der Waals surface area contributed by atoms with E-state index in [1.54, 1.807) is 11.4 Å². The molecule has 0 bridgehead atoms. The molecule has 0 amide bonds. The molecule has 0 spiro atoms. The lowest BCUT2D eigenvalue weighted by Crippen LogP contribution is -2.41. The number of hydrogen-bond acceptors (Lipinski definition) is 3. The second kappa shape index (κ2) is 8.03. The van der Waals surface area contributed by atoms with Crippen molar-refractivity contribution < 1.29 is 12.8 Å². The van der Waals surface area contributed by atoms with Gasteiger partial charge in [0.05, 0.1) is 6.54 Å². The molecule has 0 aliphatic carbocycles. The average Bonchev–Trinajstić information content (AvgIpc) is 2.87. The standard InChI is InChI=1S/C18H23BrN2O3S/c1-20(25(22,23)21-12-4-2-3-5-13-21)14-17-10-11-18(24-17)15-6-8-16(19)9-7-15/h6-11H,2-5,12-14H2,1H3. The molecule has 0 radical (unpaired) electrons. The predicted molar refractivity (Wildman–Crippen MR) is 102 cm³/mol. The van der Waals surface area contributed by atoms with Crippen LogP contribution < -0.4 is 0 Å². The lowest BCUT2D eigenvalue weighted by atomic mass is 10.2. The van der Waals surface area contributed by atoms with Crippen LogP contribution in [0.5, 0.6) is 0 Å². The van der Waals surface area contributed by atoms with Crippen LogP contribution in [0.3, 0.4) is 0 Å². The summed E-state index contributed by atoms with van der Waals surface area (Å²) < 4.78 is 35.4. The quantitative estimate of drug-likeness (QED) is 0.717. The SMILES string of the molecule is CN(Cc1ccc(-c2ccc(Br)cc2)o1)S(=O)(=O)N1CCCCCC1. The van der Waals surface area contributed by atoms with Gasteiger partial charge in [-0.1, -0.05) is 40.9 Å². The topological polar surface area (TPSA) is 53.8 Å². The molecule has 0 N–H and O–H groups in total. The minimum absolute atomic E-state index is 0.232. The van der Waals surface area contributed by atoms with E-state index >= 15 is 0 Å². The van der Waals surface area contributed by atoms with Crippen molar-refractivity contribution in [2.24, 2.45) is 0 Å². The summed E-state index contributed by atoms with van der Waals surface area (Å²) in [6.07, 6.45) is 4.07. The largest absolute Gasteiger partial charge is 0.460 e. The van der Waals surface area contributed by atoms with Crippen molar-refractivity contribution in [3.8, 4) is 11.3 Å². The van der Waals surface area contributed by atoms with Gasteiger partial charge in [-0.25, -0.2) is 0 Å². The van der Waals surface area contributed by atoms with Crippen LogP contribution in [0.25, 0.3) is 11.3 Å². The van der Waals surface area contributed by atoms with Gasteiger partial charge in [-0.3, -0.25) is 0 Å². The molecule has 0 atom stereocenters. The maximum atomic E-state index is 12.8. The zero-order chi connectivity index (χ0) is 17.9. The Labute approximate surface area is 157 Å². The van der Waals surface area contributed by atoms with Crippen LogP contribution in [-0.2, 0) is 16.8 Å². The normalized spacial score (nSPS) is 16.9. The second-order valence-corrected chi connectivity index (χ2v) is 9.30. The van der Waals surface area contributed by atoms with E-state index < -0.39 is 10.2 Å². The molecule has 25 heavy (non-hydrogen) atoms. The highest BCUT2D eigenvalue weighted by atomic mass is 79.9. The third-order valence-corrected chi connectivity index (χ3v) is 6.92. The Morgan fingerprint density at radius 1 is 1.04 bits per heavy atom. The van der Waals surface area contributed by atoms with Gasteiger partial charge in [-0.15, -0.1) is 0 Å². The van der Waals surface area contributed by atoms with Crippen molar-refractivity contribution in [2.75, 3.05) is 20.1 Å². The minimum Gasteiger partial charge on any atom is -0.460 e. The Morgan fingerprint density at radius 3 is 2.32 bits per heavy atom. The maximum absolute atomic E-state index is 12.8. The van der Waals surface area contributed by atoms with E-state index in [-0.39, 0.29) is 6.54 Å². The molecule has 5 nitrogen and oxygen atoms in total. The first-order valence-electron chi connectivity index (χ1n) is 8.53. The van der Waals surface area contributed by atoms with Crippen molar-refractivity contribution in [1.82, 2.24) is 8.61 Å². The predicted octanol–water partition coefficient (Wildman–Crippen LogP) is 4.26. The summed E-state index contributed by atoms with van der Waals surface area (Å²) >= 11 is 3.41. The Hall–Kier alpha value is -1.15. The summed E-state index contributed by atoms with van der Waals surface area (Å²) in [5, 5.41) is 0. The number of furan rings is 1. The third-order valence-electron chi connectivity index (χ3n) is 4.45. The molecule has 136 valence electrons. The van der Waals surface area contributed by atoms with Crippen LogP contribution in [0, 0.1) is 0 Å². The molecule has 1 aromatic carbocycles. The van der Waals surface area contributed by atoms with E-state index in [0.29, 0.717) is 18.8 Å². The summed E-state index contributed by atoms with van der Waals surface area (Å²) in [6.45, 7) is 1.44. The molecule has 2 heterocycles. The lowest BCUT2D eigenvalue weighted by Gasteiger charge is -2.25. The summed E-state index contributed by atoms with van der Waals surface area (Å²) in [5.74, 6) is 1.38. The molecular formula is C18H23BrN2O3S. The molecule has 1 aliphatic heterocycles. The summed E-state index contributed by atoms with van der Waals surface area (Å²) in [5.41, 5.74) is 0.965. The van der Waals surface area contributed by atoms with Gasteiger partial charge in [0.15, 0.2) is 0 Å². The van der Waals surface area contributed by atoms with Crippen molar-refractivity contribution in [1.29, 1.82) is 0 Å². The molecule has 2 aromatic rings. The van der Waals surface area contributed by atoms with E-state index in [4.69, 9.17) is 4.42 Å². The van der Waals surface area contributed by atoms with Crippen molar-refractivity contribution in [3.63, 3.8) is 0 Å². The zero-order valence-electron chi connectivity index (χ0n) is 14.3. The molecule has 1 fully saturated rings. The first-order chi connectivity index (χ1) is 12.0. The van der Waals surface area contributed by atoms with Crippen LogP contribution in [0.15, 0.2) is 45.3 Å². The van der Waals surface area contributed by atoms with E-state index in [1.807, 2.05) is 36.4 Å². The first kappa shape index (κ1) is 18.6. The van der Waals surface area contributed by atoms with Crippen LogP contribution in [-0.4, -0.2) is 37.2 Å². The summed E-state index contributed by atoms with van der Waals surface area (Å²) in [7, 11) is -1.83. The van der Waals surface area contributed by atoms with Crippen molar-refractivity contribution in [2.45, 2.75) is 32.2 Å². The molecule has 1 saturated heterocycles. The van der Waals surface area contributed by atoms with Gasteiger partial charge < -0.3 is 4.42 Å². The highest BCUT2D eigenvalue weighted by molar-refractivity contribution is 9.10.